The Balaban J connectivity index is 2.30. The first-order chi connectivity index (χ1) is 9.42. The van der Waals surface area contributed by atoms with Crippen molar-refractivity contribution in [1.82, 2.24) is 0 Å². The summed E-state index contributed by atoms with van der Waals surface area (Å²) in [4.78, 5) is -0.00276. The molecular weight excluding hydrogens is 349 g/mol. The number of hydrogen-bond donors (Lipinski definition) is 2. The lowest BCUT2D eigenvalue weighted by Gasteiger charge is -2.09. The summed E-state index contributed by atoms with van der Waals surface area (Å²) in [5, 5.41) is 8.91. The molecule has 0 unspecified atom stereocenters. The van der Waals surface area contributed by atoms with Gasteiger partial charge in [0.15, 0.2) is 0 Å². The van der Waals surface area contributed by atoms with Gasteiger partial charge in [-0.25, -0.2) is 12.8 Å². The van der Waals surface area contributed by atoms with Crippen molar-refractivity contribution in [2.24, 2.45) is 0 Å². The summed E-state index contributed by atoms with van der Waals surface area (Å²) in [5.41, 5.74) is 0.471. The molecule has 20 heavy (non-hydrogen) atoms. The molecule has 0 bridgehead atoms. The van der Waals surface area contributed by atoms with Crippen LogP contribution in [-0.4, -0.2) is 13.5 Å². The lowest BCUT2D eigenvalue weighted by atomic mass is 10.2. The second-order valence-corrected chi connectivity index (χ2v) is 6.63. The van der Waals surface area contributed by atoms with E-state index in [1.165, 1.54) is 42.5 Å². The van der Waals surface area contributed by atoms with E-state index in [-0.39, 0.29) is 17.2 Å². The van der Waals surface area contributed by atoms with Crippen molar-refractivity contribution < 1.29 is 17.9 Å². The molecule has 0 saturated heterocycles. The molecule has 2 rings (SSSR count). The van der Waals surface area contributed by atoms with Crippen molar-refractivity contribution in [2.45, 2.75) is 11.5 Å². The van der Waals surface area contributed by atoms with E-state index in [0.717, 1.165) is 0 Å². The fraction of sp³-hybridized carbons (Fsp3) is 0.0769. The average Bonchev–Trinajstić information content (AvgIpc) is 2.42. The van der Waals surface area contributed by atoms with Crippen molar-refractivity contribution in [3.8, 4) is 0 Å². The highest BCUT2D eigenvalue weighted by Crippen LogP contribution is 2.22. The summed E-state index contributed by atoms with van der Waals surface area (Å²) in [6, 6.07) is 9.73. The van der Waals surface area contributed by atoms with Crippen LogP contribution in [0.3, 0.4) is 0 Å². The van der Waals surface area contributed by atoms with Crippen molar-refractivity contribution in [1.29, 1.82) is 0 Å². The summed E-state index contributed by atoms with van der Waals surface area (Å²) in [7, 11) is -3.86. The molecule has 0 aromatic heterocycles. The highest BCUT2D eigenvalue weighted by Gasteiger charge is 2.16. The Kier molecular flexibility index (Phi) is 4.42. The number of hydrogen-bond acceptors (Lipinski definition) is 3. The second-order valence-electron chi connectivity index (χ2n) is 4.03. The quantitative estimate of drug-likeness (QED) is 0.881. The first-order valence-electron chi connectivity index (χ1n) is 5.60. The Bertz CT molecular complexity index is 717. The van der Waals surface area contributed by atoms with Gasteiger partial charge in [-0.3, -0.25) is 4.72 Å². The van der Waals surface area contributed by atoms with Gasteiger partial charge in [0.1, 0.15) is 5.82 Å². The largest absolute Gasteiger partial charge is 0.392 e. The van der Waals surface area contributed by atoms with E-state index in [9.17, 15) is 12.8 Å². The maximum atomic E-state index is 13.6. The number of halogens is 2. The zero-order chi connectivity index (χ0) is 14.8. The van der Waals surface area contributed by atoms with Gasteiger partial charge in [-0.15, -0.1) is 0 Å². The smallest absolute Gasteiger partial charge is 0.261 e. The maximum absolute atomic E-state index is 13.6. The van der Waals surface area contributed by atoms with Crippen LogP contribution < -0.4 is 4.72 Å². The predicted octanol–water partition coefficient (Wildman–Crippen LogP) is 2.88. The van der Waals surface area contributed by atoms with E-state index in [2.05, 4.69) is 20.7 Å². The predicted molar refractivity (Wildman–Crippen MR) is 77.3 cm³/mol. The first kappa shape index (κ1) is 15.0. The third-order valence-corrected chi connectivity index (χ3v) is 4.47. The lowest BCUT2D eigenvalue weighted by molar-refractivity contribution is 0.282. The van der Waals surface area contributed by atoms with Crippen molar-refractivity contribution in [3.63, 3.8) is 0 Å². The molecule has 0 heterocycles. The molecule has 2 aromatic rings. The van der Waals surface area contributed by atoms with Gasteiger partial charge in [0.05, 0.1) is 17.2 Å². The van der Waals surface area contributed by atoms with Gasteiger partial charge < -0.3 is 5.11 Å². The molecule has 0 aliphatic carbocycles. The SMILES string of the molecule is O=S(=O)(Nc1ccc(Br)cc1F)c1ccc(CO)cc1. The monoisotopic (exact) mass is 359 g/mol. The Morgan fingerprint density at radius 2 is 1.80 bits per heavy atom. The molecule has 0 radical (unpaired) electrons. The highest BCUT2D eigenvalue weighted by atomic mass is 79.9. The Hall–Kier alpha value is -1.44. The summed E-state index contributed by atoms with van der Waals surface area (Å²) in [6.45, 7) is -0.172. The maximum Gasteiger partial charge on any atom is 0.261 e. The van der Waals surface area contributed by atoms with Gasteiger partial charge in [0, 0.05) is 4.47 Å². The third kappa shape index (κ3) is 3.36. The van der Waals surface area contributed by atoms with Gasteiger partial charge in [0.25, 0.3) is 10.0 Å². The van der Waals surface area contributed by atoms with E-state index >= 15 is 0 Å². The van der Waals surface area contributed by atoms with Crippen LogP contribution in [0, 0.1) is 5.82 Å². The molecule has 0 atom stereocenters. The normalized spacial score (nSPS) is 11.3. The van der Waals surface area contributed by atoms with Crippen LogP contribution in [0.2, 0.25) is 0 Å². The number of benzene rings is 2. The summed E-state index contributed by atoms with van der Waals surface area (Å²) in [6.07, 6.45) is 0. The second kappa shape index (κ2) is 5.90. The minimum absolute atomic E-state index is 0.00276. The van der Waals surface area contributed by atoms with E-state index in [4.69, 9.17) is 5.11 Å². The molecule has 7 heteroatoms. The molecule has 0 spiro atoms. The molecule has 4 nitrogen and oxygen atoms in total. The van der Waals surface area contributed by atoms with Crippen LogP contribution in [0.15, 0.2) is 51.8 Å². The Morgan fingerprint density at radius 3 is 2.35 bits per heavy atom. The van der Waals surface area contributed by atoms with Gasteiger partial charge in [0.2, 0.25) is 0 Å². The highest BCUT2D eigenvalue weighted by molar-refractivity contribution is 9.10. The molecule has 0 aliphatic heterocycles. The van der Waals surface area contributed by atoms with Crippen molar-refractivity contribution in [3.05, 3.63) is 58.3 Å². The summed E-state index contributed by atoms with van der Waals surface area (Å²) >= 11 is 3.10. The van der Waals surface area contributed by atoms with Crippen molar-refractivity contribution in [2.75, 3.05) is 4.72 Å². The number of rotatable bonds is 4. The molecule has 0 aliphatic rings. The number of aliphatic hydroxyl groups is 1. The van der Waals surface area contributed by atoms with E-state index < -0.39 is 15.8 Å². The fourth-order valence-corrected chi connectivity index (χ4v) is 2.95. The minimum Gasteiger partial charge on any atom is -0.392 e. The molecule has 2 N–H and O–H groups in total. The van der Waals surface area contributed by atoms with Crippen LogP contribution >= 0.6 is 15.9 Å². The number of sulfonamides is 1. The van der Waals surface area contributed by atoms with E-state index in [1.807, 2.05) is 0 Å². The third-order valence-electron chi connectivity index (χ3n) is 2.59. The van der Waals surface area contributed by atoms with Crippen LogP contribution in [-0.2, 0) is 16.6 Å². The Morgan fingerprint density at radius 1 is 1.15 bits per heavy atom. The van der Waals surface area contributed by atoms with E-state index in [0.29, 0.717) is 10.0 Å². The summed E-state index contributed by atoms with van der Waals surface area (Å²) in [5.74, 6) is -0.671. The lowest BCUT2D eigenvalue weighted by Crippen LogP contribution is -2.14. The fourth-order valence-electron chi connectivity index (χ4n) is 1.55. The van der Waals surface area contributed by atoms with Crippen LogP contribution in [0.1, 0.15) is 5.56 Å². The van der Waals surface area contributed by atoms with Gasteiger partial charge >= 0.3 is 0 Å². The standard InChI is InChI=1S/C13H11BrFNO3S/c14-10-3-6-13(12(15)7-10)16-20(18,19)11-4-1-9(8-17)2-5-11/h1-7,16-17H,8H2. The Labute approximate surface area is 124 Å². The zero-order valence-electron chi connectivity index (χ0n) is 10.2. The van der Waals surface area contributed by atoms with Gasteiger partial charge in [-0.05, 0) is 35.9 Å². The molecule has 0 amide bonds. The average molecular weight is 360 g/mol. The number of nitrogens with one attached hydrogen (secondary N) is 1. The molecule has 106 valence electrons. The van der Waals surface area contributed by atoms with Gasteiger partial charge in [-0.1, -0.05) is 28.1 Å². The molecule has 2 aromatic carbocycles. The first-order valence-corrected chi connectivity index (χ1v) is 7.87. The van der Waals surface area contributed by atoms with Crippen molar-refractivity contribution >= 4 is 31.6 Å². The number of aliphatic hydroxyl groups excluding tert-OH is 1. The summed E-state index contributed by atoms with van der Waals surface area (Å²) < 4.78 is 40.5. The topological polar surface area (TPSA) is 66.4 Å². The van der Waals surface area contributed by atoms with Crippen LogP contribution in [0.5, 0.6) is 0 Å². The molecular formula is C13H11BrFNO3S. The van der Waals surface area contributed by atoms with Crippen LogP contribution in [0.25, 0.3) is 0 Å². The van der Waals surface area contributed by atoms with Crippen LogP contribution in [0.4, 0.5) is 10.1 Å². The molecule has 0 saturated carbocycles. The minimum atomic E-state index is -3.86. The number of anilines is 1. The van der Waals surface area contributed by atoms with Gasteiger partial charge in [-0.2, -0.15) is 0 Å². The molecule has 0 fully saturated rings. The zero-order valence-corrected chi connectivity index (χ0v) is 12.6. The van der Waals surface area contributed by atoms with E-state index in [1.54, 1.807) is 0 Å².